The third kappa shape index (κ3) is 5.54. The molecule has 0 spiro atoms. The predicted octanol–water partition coefficient (Wildman–Crippen LogP) is 4.93. The van der Waals surface area contributed by atoms with Gasteiger partial charge in [0.05, 0.1) is 0 Å². The fourth-order valence-corrected chi connectivity index (χ4v) is 4.92. The summed E-state index contributed by atoms with van der Waals surface area (Å²) >= 11 is 0. The summed E-state index contributed by atoms with van der Waals surface area (Å²) in [6.07, 6.45) is 0. The fourth-order valence-electron chi connectivity index (χ4n) is 2.55. The zero-order chi connectivity index (χ0) is 19.6. The molecule has 28 heavy (non-hydrogen) atoms. The molecule has 0 radical (unpaired) electrons. The molecule has 0 aliphatic carbocycles. The molecule has 2 nitrogen and oxygen atoms in total. The standard InChI is InChI=1S/2C12H10OP/c2*13-14(11-7-3-1-4-8-11)12-9-5-2-6-10-12/h2*1-10H/q2*+1. The van der Waals surface area contributed by atoms with Crippen LogP contribution in [0.3, 0.4) is 0 Å². The molecule has 4 rings (SSSR count). The summed E-state index contributed by atoms with van der Waals surface area (Å²) in [7, 11) is -2.84. The summed E-state index contributed by atoms with van der Waals surface area (Å²) in [6.45, 7) is 0. The van der Waals surface area contributed by atoms with Gasteiger partial charge in [0.25, 0.3) is 0 Å². The first-order chi connectivity index (χ1) is 13.8. The zero-order valence-electron chi connectivity index (χ0n) is 15.3. The SMILES string of the molecule is O=[P+](c1ccccc1)c1ccccc1.O=[P+](c1ccccc1)c1ccccc1. The molecule has 0 fully saturated rings. The quantitative estimate of drug-likeness (QED) is 0.454. The van der Waals surface area contributed by atoms with Gasteiger partial charge in [0.15, 0.2) is 21.2 Å². The Hall–Kier alpha value is -2.92. The van der Waals surface area contributed by atoms with E-state index in [2.05, 4.69) is 0 Å². The second-order valence-electron chi connectivity index (χ2n) is 5.93. The molecule has 0 bridgehead atoms. The predicted molar refractivity (Wildman–Crippen MR) is 120 cm³/mol. The molecule has 0 unspecified atom stereocenters. The largest absolute Gasteiger partial charge is 0.415 e. The summed E-state index contributed by atoms with van der Waals surface area (Å²) in [5, 5.41) is 3.53. The zero-order valence-corrected chi connectivity index (χ0v) is 17.0. The van der Waals surface area contributed by atoms with E-state index in [1.54, 1.807) is 0 Å². The molecular weight excluding hydrogens is 382 g/mol. The first-order valence-electron chi connectivity index (χ1n) is 8.90. The highest BCUT2D eigenvalue weighted by molar-refractivity contribution is 7.61. The van der Waals surface area contributed by atoms with Crippen molar-refractivity contribution in [1.29, 1.82) is 0 Å². The molecule has 4 heteroatoms. The second kappa shape index (κ2) is 10.4. The Morgan fingerprint density at radius 2 is 0.500 bits per heavy atom. The summed E-state index contributed by atoms with van der Waals surface area (Å²) in [6, 6.07) is 38.1. The fraction of sp³-hybridized carbons (Fsp3) is 0. The highest BCUT2D eigenvalue weighted by Gasteiger charge is 2.22. The number of hydrogen-bond donors (Lipinski definition) is 0. The topological polar surface area (TPSA) is 34.1 Å². The molecule has 0 aliphatic heterocycles. The maximum absolute atomic E-state index is 12.0. The average molecular weight is 402 g/mol. The van der Waals surface area contributed by atoms with Crippen molar-refractivity contribution in [1.82, 2.24) is 0 Å². The van der Waals surface area contributed by atoms with Crippen LogP contribution in [0.15, 0.2) is 121 Å². The smallest absolute Gasteiger partial charge is 0.0619 e. The lowest BCUT2D eigenvalue weighted by atomic mass is 10.4. The van der Waals surface area contributed by atoms with Crippen LogP contribution < -0.4 is 21.2 Å². The van der Waals surface area contributed by atoms with E-state index in [0.717, 1.165) is 21.2 Å². The third-order valence-electron chi connectivity index (χ3n) is 3.96. The minimum absolute atomic E-state index is 0.883. The van der Waals surface area contributed by atoms with E-state index in [1.807, 2.05) is 121 Å². The third-order valence-corrected chi connectivity index (χ3v) is 7.03. The van der Waals surface area contributed by atoms with E-state index < -0.39 is 15.6 Å². The minimum atomic E-state index is -1.42. The molecule has 0 saturated heterocycles. The van der Waals surface area contributed by atoms with Crippen molar-refractivity contribution in [2.45, 2.75) is 0 Å². The van der Waals surface area contributed by atoms with Crippen LogP contribution in [0.4, 0.5) is 0 Å². The monoisotopic (exact) mass is 402 g/mol. The molecule has 4 aromatic carbocycles. The molecule has 0 N–H and O–H groups in total. The summed E-state index contributed by atoms with van der Waals surface area (Å²) in [4.78, 5) is 0. The molecule has 4 aromatic rings. The van der Waals surface area contributed by atoms with E-state index in [9.17, 15) is 9.13 Å². The van der Waals surface area contributed by atoms with Gasteiger partial charge in [-0.1, -0.05) is 81.9 Å². The maximum atomic E-state index is 12.0. The second-order valence-corrected chi connectivity index (χ2v) is 9.17. The molecular formula is C24H20O2P2+2. The van der Waals surface area contributed by atoms with E-state index in [-0.39, 0.29) is 0 Å². The van der Waals surface area contributed by atoms with Crippen LogP contribution in [-0.4, -0.2) is 0 Å². The number of hydrogen-bond acceptors (Lipinski definition) is 2. The van der Waals surface area contributed by atoms with Gasteiger partial charge < -0.3 is 0 Å². The Morgan fingerprint density at radius 3 is 0.679 bits per heavy atom. The average Bonchev–Trinajstić information content (AvgIpc) is 2.81. The minimum Gasteiger partial charge on any atom is -0.0619 e. The molecule has 0 amide bonds. The van der Waals surface area contributed by atoms with Gasteiger partial charge in [-0.3, -0.25) is 0 Å². The molecule has 0 heterocycles. The number of rotatable bonds is 4. The first kappa shape index (κ1) is 19.8. The summed E-state index contributed by atoms with van der Waals surface area (Å²) in [5.41, 5.74) is 0. The highest BCUT2D eigenvalue weighted by atomic mass is 31.1. The van der Waals surface area contributed by atoms with Gasteiger partial charge in [-0.25, -0.2) is 0 Å². The van der Waals surface area contributed by atoms with Crippen molar-refractivity contribution in [3.63, 3.8) is 0 Å². The van der Waals surface area contributed by atoms with Crippen molar-refractivity contribution in [2.24, 2.45) is 0 Å². The summed E-state index contributed by atoms with van der Waals surface area (Å²) < 4.78 is 24.0. The Labute approximate surface area is 167 Å². The van der Waals surface area contributed by atoms with Crippen molar-refractivity contribution in [3.05, 3.63) is 121 Å². The van der Waals surface area contributed by atoms with Crippen molar-refractivity contribution in [2.75, 3.05) is 0 Å². The Balaban J connectivity index is 0.000000161. The van der Waals surface area contributed by atoms with Crippen LogP contribution in [0.25, 0.3) is 0 Å². The van der Waals surface area contributed by atoms with Gasteiger partial charge in [-0.2, -0.15) is 0 Å². The van der Waals surface area contributed by atoms with Crippen LogP contribution in [0.2, 0.25) is 0 Å². The lowest BCUT2D eigenvalue weighted by molar-refractivity contribution is 0.597. The van der Waals surface area contributed by atoms with Gasteiger partial charge in [-0.05, 0) is 48.5 Å². The first-order valence-corrected chi connectivity index (χ1v) is 11.4. The van der Waals surface area contributed by atoms with Crippen LogP contribution in [-0.2, 0) is 9.13 Å². The molecule has 0 aromatic heterocycles. The van der Waals surface area contributed by atoms with Crippen molar-refractivity contribution in [3.8, 4) is 0 Å². The van der Waals surface area contributed by atoms with Gasteiger partial charge in [-0.15, -0.1) is 0 Å². The Kier molecular flexibility index (Phi) is 7.38. The molecule has 0 aliphatic rings. The van der Waals surface area contributed by atoms with Crippen LogP contribution in [0.5, 0.6) is 0 Å². The molecule has 0 saturated carbocycles. The lowest BCUT2D eigenvalue weighted by Crippen LogP contribution is -2.04. The Bertz CT molecular complexity index is 849. The van der Waals surface area contributed by atoms with Crippen LogP contribution in [0, 0.1) is 0 Å². The van der Waals surface area contributed by atoms with Gasteiger partial charge in [0, 0.05) is 0 Å². The molecule has 136 valence electrons. The normalized spacial score (nSPS) is 9.71. The van der Waals surface area contributed by atoms with Crippen molar-refractivity contribution >= 4 is 36.8 Å². The van der Waals surface area contributed by atoms with E-state index in [0.29, 0.717) is 0 Å². The van der Waals surface area contributed by atoms with E-state index >= 15 is 0 Å². The van der Waals surface area contributed by atoms with Gasteiger partial charge >= 0.3 is 15.6 Å². The van der Waals surface area contributed by atoms with Gasteiger partial charge in [0.2, 0.25) is 0 Å². The summed E-state index contributed by atoms with van der Waals surface area (Å²) in [5.74, 6) is 0. The Morgan fingerprint density at radius 1 is 0.321 bits per heavy atom. The van der Waals surface area contributed by atoms with Gasteiger partial charge in [0.1, 0.15) is 0 Å². The van der Waals surface area contributed by atoms with E-state index in [1.165, 1.54) is 0 Å². The van der Waals surface area contributed by atoms with E-state index in [4.69, 9.17) is 0 Å². The maximum Gasteiger partial charge on any atom is 0.415 e. The van der Waals surface area contributed by atoms with Crippen molar-refractivity contribution < 1.29 is 9.13 Å². The van der Waals surface area contributed by atoms with Crippen LogP contribution >= 0.6 is 15.6 Å². The number of benzene rings is 4. The highest BCUT2D eigenvalue weighted by Crippen LogP contribution is 2.19. The van der Waals surface area contributed by atoms with Crippen LogP contribution in [0.1, 0.15) is 0 Å². The molecule has 0 atom stereocenters. The lowest BCUT2D eigenvalue weighted by Gasteiger charge is -1.87.